The summed E-state index contributed by atoms with van der Waals surface area (Å²) in [5.74, 6) is 0. The molecule has 1 heterocycles. The second kappa shape index (κ2) is 7.55. The normalized spacial score (nSPS) is 20.2. The number of piperidine rings is 1. The quantitative estimate of drug-likeness (QED) is 0.830. The van der Waals surface area contributed by atoms with Crippen molar-refractivity contribution in [1.82, 2.24) is 10.2 Å². The first-order chi connectivity index (χ1) is 8.90. The zero-order chi connectivity index (χ0) is 12.6. The molecule has 2 rings (SSSR count). The first-order valence-electron chi connectivity index (χ1n) is 7.39. The molecule has 2 nitrogen and oxygen atoms in total. The van der Waals surface area contributed by atoms with Gasteiger partial charge in [-0.25, -0.2) is 0 Å². The fourth-order valence-corrected chi connectivity index (χ4v) is 2.83. The number of hydrogen-bond acceptors (Lipinski definition) is 2. The third kappa shape index (κ3) is 4.11. The van der Waals surface area contributed by atoms with Gasteiger partial charge in [0.25, 0.3) is 0 Å². The van der Waals surface area contributed by atoms with Crippen LogP contribution in [-0.2, 0) is 6.42 Å². The van der Waals surface area contributed by atoms with Gasteiger partial charge in [0.05, 0.1) is 0 Å². The van der Waals surface area contributed by atoms with Crippen LogP contribution in [0.15, 0.2) is 30.3 Å². The molecule has 0 bridgehead atoms. The largest absolute Gasteiger partial charge is 0.315 e. The van der Waals surface area contributed by atoms with Crippen LogP contribution in [0.25, 0.3) is 0 Å². The lowest BCUT2D eigenvalue weighted by Gasteiger charge is -2.34. The minimum atomic E-state index is 0.752. The van der Waals surface area contributed by atoms with Crippen LogP contribution in [-0.4, -0.2) is 37.1 Å². The maximum absolute atomic E-state index is 3.53. The minimum Gasteiger partial charge on any atom is -0.315 e. The van der Waals surface area contributed by atoms with E-state index in [1.807, 2.05) is 0 Å². The van der Waals surface area contributed by atoms with Gasteiger partial charge in [0.15, 0.2) is 0 Å². The maximum Gasteiger partial charge on any atom is 0.0221 e. The number of benzene rings is 1. The molecule has 100 valence electrons. The molecule has 1 fully saturated rings. The van der Waals surface area contributed by atoms with Crippen LogP contribution in [0.4, 0.5) is 0 Å². The summed E-state index contributed by atoms with van der Waals surface area (Å²) in [5, 5.41) is 3.53. The number of hydrogen-bond donors (Lipinski definition) is 1. The summed E-state index contributed by atoms with van der Waals surface area (Å²) in [5.41, 5.74) is 1.46. The molecule has 2 heteroatoms. The van der Waals surface area contributed by atoms with Crippen molar-refractivity contribution in [1.29, 1.82) is 0 Å². The van der Waals surface area contributed by atoms with Gasteiger partial charge < -0.3 is 5.32 Å². The van der Waals surface area contributed by atoms with Gasteiger partial charge in [-0.3, -0.25) is 4.90 Å². The van der Waals surface area contributed by atoms with Gasteiger partial charge in [-0.1, -0.05) is 37.3 Å². The van der Waals surface area contributed by atoms with E-state index in [9.17, 15) is 0 Å². The van der Waals surface area contributed by atoms with E-state index in [2.05, 4.69) is 47.5 Å². The topological polar surface area (TPSA) is 15.3 Å². The lowest BCUT2D eigenvalue weighted by Crippen LogP contribution is -2.47. The zero-order valence-corrected chi connectivity index (χ0v) is 11.6. The van der Waals surface area contributed by atoms with Crippen molar-refractivity contribution in [3.8, 4) is 0 Å². The van der Waals surface area contributed by atoms with Crippen LogP contribution < -0.4 is 5.32 Å². The first kappa shape index (κ1) is 13.6. The van der Waals surface area contributed by atoms with E-state index in [-0.39, 0.29) is 0 Å². The minimum absolute atomic E-state index is 0.752. The van der Waals surface area contributed by atoms with Crippen LogP contribution in [0.1, 0.15) is 31.7 Å². The monoisotopic (exact) mass is 246 g/mol. The third-order valence-electron chi connectivity index (χ3n) is 3.83. The average Bonchev–Trinajstić information content (AvgIpc) is 2.45. The maximum atomic E-state index is 3.53. The Bertz CT molecular complexity index is 317. The summed E-state index contributed by atoms with van der Waals surface area (Å²) < 4.78 is 0. The highest BCUT2D eigenvalue weighted by Gasteiger charge is 2.19. The third-order valence-corrected chi connectivity index (χ3v) is 3.83. The Hall–Kier alpha value is -0.860. The van der Waals surface area contributed by atoms with E-state index < -0.39 is 0 Å². The van der Waals surface area contributed by atoms with E-state index in [4.69, 9.17) is 0 Å². The van der Waals surface area contributed by atoms with Gasteiger partial charge in [-0.15, -0.1) is 0 Å². The summed E-state index contributed by atoms with van der Waals surface area (Å²) >= 11 is 0. The molecule has 1 aliphatic heterocycles. The van der Waals surface area contributed by atoms with Crippen molar-refractivity contribution in [2.45, 2.75) is 38.6 Å². The van der Waals surface area contributed by atoms with Gasteiger partial charge >= 0.3 is 0 Å². The van der Waals surface area contributed by atoms with Crippen molar-refractivity contribution in [3.63, 3.8) is 0 Å². The van der Waals surface area contributed by atoms with E-state index in [0.717, 1.165) is 6.04 Å². The molecule has 0 spiro atoms. The highest BCUT2D eigenvalue weighted by atomic mass is 15.2. The number of rotatable bonds is 6. The van der Waals surface area contributed by atoms with E-state index in [0.29, 0.717) is 0 Å². The second-order valence-electron chi connectivity index (χ2n) is 5.27. The molecular formula is C16H26N2. The molecule has 0 aromatic heterocycles. The average molecular weight is 246 g/mol. The molecule has 0 saturated carbocycles. The predicted octanol–water partition coefficient (Wildman–Crippen LogP) is 2.69. The Morgan fingerprint density at radius 2 is 2.06 bits per heavy atom. The van der Waals surface area contributed by atoms with Gasteiger partial charge in [0.1, 0.15) is 0 Å². The van der Waals surface area contributed by atoms with Gasteiger partial charge in [-0.2, -0.15) is 0 Å². The molecular weight excluding hydrogens is 220 g/mol. The van der Waals surface area contributed by atoms with E-state index >= 15 is 0 Å². The SMILES string of the molecule is CCCN(CCc1ccccc1)C1CCCNC1. The van der Waals surface area contributed by atoms with E-state index in [1.165, 1.54) is 57.4 Å². The fourth-order valence-electron chi connectivity index (χ4n) is 2.83. The molecule has 1 aliphatic rings. The van der Waals surface area contributed by atoms with Crippen molar-refractivity contribution < 1.29 is 0 Å². The smallest absolute Gasteiger partial charge is 0.0221 e. The molecule has 0 radical (unpaired) electrons. The summed E-state index contributed by atoms with van der Waals surface area (Å²) in [6, 6.07) is 11.6. The fraction of sp³-hybridized carbons (Fsp3) is 0.625. The van der Waals surface area contributed by atoms with Crippen molar-refractivity contribution in [3.05, 3.63) is 35.9 Å². The standard InChI is InChI=1S/C16H26N2/c1-2-12-18(16-9-6-11-17-14-16)13-10-15-7-4-3-5-8-15/h3-5,7-8,16-17H,2,6,9-14H2,1H3. The van der Waals surface area contributed by atoms with Crippen molar-refractivity contribution in [2.24, 2.45) is 0 Å². The van der Waals surface area contributed by atoms with Crippen LogP contribution >= 0.6 is 0 Å². The molecule has 0 aliphatic carbocycles. The molecule has 1 aromatic carbocycles. The highest BCUT2D eigenvalue weighted by molar-refractivity contribution is 5.14. The number of nitrogens with one attached hydrogen (secondary N) is 1. The van der Waals surface area contributed by atoms with Crippen LogP contribution in [0.3, 0.4) is 0 Å². The number of nitrogens with zero attached hydrogens (tertiary/aromatic N) is 1. The highest BCUT2D eigenvalue weighted by Crippen LogP contribution is 2.12. The second-order valence-corrected chi connectivity index (χ2v) is 5.27. The van der Waals surface area contributed by atoms with E-state index in [1.54, 1.807) is 0 Å². The summed E-state index contributed by atoms with van der Waals surface area (Å²) in [7, 11) is 0. The predicted molar refractivity (Wildman–Crippen MR) is 77.9 cm³/mol. The molecule has 18 heavy (non-hydrogen) atoms. The van der Waals surface area contributed by atoms with Crippen molar-refractivity contribution >= 4 is 0 Å². The summed E-state index contributed by atoms with van der Waals surface area (Å²) in [6.07, 6.45) is 5.13. The van der Waals surface area contributed by atoms with Gasteiger partial charge in [0, 0.05) is 19.1 Å². The van der Waals surface area contributed by atoms with Gasteiger partial charge in [-0.05, 0) is 44.3 Å². The molecule has 1 aromatic rings. The Kier molecular flexibility index (Phi) is 5.69. The molecule has 1 saturated heterocycles. The van der Waals surface area contributed by atoms with Gasteiger partial charge in [0.2, 0.25) is 0 Å². The van der Waals surface area contributed by atoms with Crippen molar-refractivity contribution in [2.75, 3.05) is 26.2 Å². The molecule has 0 amide bonds. The molecule has 1 unspecified atom stereocenters. The van der Waals surface area contributed by atoms with Crippen LogP contribution in [0.2, 0.25) is 0 Å². The lowest BCUT2D eigenvalue weighted by atomic mass is 10.0. The van der Waals surface area contributed by atoms with Crippen LogP contribution in [0.5, 0.6) is 0 Å². The Morgan fingerprint density at radius 3 is 2.72 bits per heavy atom. The Morgan fingerprint density at radius 1 is 1.22 bits per heavy atom. The Labute approximate surface area is 111 Å². The zero-order valence-electron chi connectivity index (χ0n) is 11.6. The summed E-state index contributed by atoms with van der Waals surface area (Å²) in [4.78, 5) is 2.68. The summed E-state index contributed by atoms with van der Waals surface area (Å²) in [6.45, 7) is 7.10. The van der Waals surface area contributed by atoms with Crippen LogP contribution in [0, 0.1) is 0 Å². The Balaban J connectivity index is 1.85. The molecule has 1 atom stereocenters. The first-order valence-corrected chi connectivity index (χ1v) is 7.39. The lowest BCUT2D eigenvalue weighted by molar-refractivity contribution is 0.167. The molecule has 1 N–H and O–H groups in total.